The molecule has 0 saturated carbocycles. The number of benzene rings is 1. The van der Waals surface area contributed by atoms with Crippen LogP contribution in [0.3, 0.4) is 0 Å². The fraction of sp³-hybridized carbons (Fsp3) is 0.375. The average molecular weight is 358 g/mol. The number of hydrogen-bond acceptors (Lipinski definition) is 1. The van der Waals surface area contributed by atoms with Crippen LogP contribution in [0.4, 0.5) is 0 Å². The first-order valence-corrected chi connectivity index (χ1v) is 8.34. The second kappa shape index (κ2) is 5.59. The summed E-state index contributed by atoms with van der Waals surface area (Å²) in [5.74, 6) is 0. The van der Waals surface area contributed by atoms with E-state index in [2.05, 4.69) is 74.0 Å². The Morgan fingerprint density at radius 2 is 1.84 bits per heavy atom. The molecule has 1 unspecified atom stereocenters. The van der Waals surface area contributed by atoms with Crippen LogP contribution in [0.15, 0.2) is 34.8 Å². The minimum atomic E-state index is -0.0940. The van der Waals surface area contributed by atoms with E-state index in [9.17, 15) is 0 Å². The standard InChI is InChI=1S/C16H18BrClS/c1-10-9-13(17)15(19-10)14(18)11-7-5-6-8-12(11)16(2,3)4/h5-9,14H,1-4H3. The van der Waals surface area contributed by atoms with E-state index >= 15 is 0 Å². The van der Waals surface area contributed by atoms with E-state index in [4.69, 9.17) is 11.6 Å². The molecule has 0 saturated heterocycles. The zero-order valence-electron chi connectivity index (χ0n) is 11.6. The lowest BCUT2D eigenvalue weighted by atomic mass is 9.83. The van der Waals surface area contributed by atoms with Gasteiger partial charge < -0.3 is 0 Å². The first-order chi connectivity index (χ1) is 8.80. The van der Waals surface area contributed by atoms with Gasteiger partial charge in [-0.25, -0.2) is 0 Å². The molecule has 2 rings (SSSR count). The average Bonchev–Trinajstić information content (AvgIpc) is 2.66. The number of rotatable bonds is 2. The van der Waals surface area contributed by atoms with E-state index in [1.165, 1.54) is 20.9 Å². The van der Waals surface area contributed by atoms with Gasteiger partial charge in [0.05, 0.1) is 5.38 Å². The molecular formula is C16H18BrClS. The molecule has 1 aromatic carbocycles. The highest BCUT2D eigenvalue weighted by Gasteiger charge is 2.24. The Kier molecular flexibility index (Phi) is 4.44. The molecule has 1 atom stereocenters. The van der Waals surface area contributed by atoms with Gasteiger partial charge in [0.1, 0.15) is 0 Å². The monoisotopic (exact) mass is 356 g/mol. The van der Waals surface area contributed by atoms with Crippen molar-refractivity contribution in [1.82, 2.24) is 0 Å². The normalized spacial score (nSPS) is 13.6. The molecule has 2 aromatic rings. The Morgan fingerprint density at radius 3 is 2.37 bits per heavy atom. The van der Waals surface area contributed by atoms with Crippen LogP contribution < -0.4 is 0 Å². The van der Waals surface area contributed by atoms with Gasteiger partial charge in [0.15, 0.2) is 0 Å². The van der Waals surface area contributed by atoms with Crippen LogP contribution >= 0.6 is 38.9 Å². The van der Waals surface area contributed by atoms with Gasteiger partial charge in [-0.2, -0.15) is 0 Å². The van der Waals surface area contributed by atoms with Crippen molar-refractivity contribution in [2.45, 2.75) is 38.5 Å². The zero-order valence-corrected chi connectivity index (χ0v) is 14.8. The van der Waals surface area contributed by atoms with E-state index in [0.29, 0.717) is 0 Å². The molecule has 0 fully saturated rings. The topological polar surface area (TPSA) is 0 Å². The number of alkyl halides is 1. The number of halogens is 2. The van der Waals surface area contributed by atoms with Crippen molar-refractivity contribution >= 4 is 38.9 Å². The van der Waals surface area contributed by atoms with Gasteiger partial charge in [-0.1, -0.05) is 45.0 Å². The third-order valence-electron chi connectivity index (χ3n) is 3.11. The lowest BCUT2D eigenvalue weighted by Crippen LogP contribution is -2.15. The summed E-state index contributed by atoms with van der Waals surface area (Å²) in [4.78, 5) is 2.47. The zero-order chi connectivity index (χ0) is 14.2. The Hall–Kier alpha value is -0.310. The van der Waals surface area contributed by atoms with E-state index in [-0.39, 0.29) is 10.8 Å². The summed E-state index contributed by atoms with van der Waals surface area (Å²) in [6, 6.07) is 10.6. The van der Waals surface area contributed by atoms with E-state index in [1.807, 2.05) is 0 Å². The molecule has 0 aliphatic rings. The minimum Gasteiger partial charge on any atom is -0.143 e. The van der Waals surface area contributed by atoms with Crippen LogP contribution in [0.2, 0.25) is 0 Å². The molecule has 0 bridgehead atoms. The van der Waals surface area contributed by atoms with Crippen molar-refractivity contribution in [2.24, 2.45) is 0 Å². The lowest BCUT2D eigenvalue weighted by Gasteiger charge is -2.25. The van der Waals surface area contributed by atoms with Crippen molar-refractivity contribution in [3.63, 3.8) is 0 Å². The molecule has 0 amide bonds. The lowest BCUT2D eigenvalue weighted by molar-refractivity contribution is 0.583. The fourth-order valence-corrected chi connectivity index (χ4v) is 4.67. The van der Waals surface area contributed by atoms with Gasteiger partial charge in [0.2, 0.25) is 0 Å². The summed E-state index contributed by atoms with van der Waals surface area (Å²) < 4.78 is 1.11. The largest absolute Gasteiger partial charge is 0.143 e. The highest BCUT2D eigenvalue weighted by molar-refractivity contribution is 9.10. The van der Waals surface area contributed by atoms with Gasteiger partial charge in [-0.15, -0.1) is 22.9 Å². The fourth-order valence-electron chi connectivity index (χ4n) is 2.22. The molecule has 0 spiro atoms. The third kappa shape index (κ3) is 3.24. The molecule has 0 radical (unpaired) electrons. The molecule has 1 heterocycles. The predicted octanol–water partition coefficient (Wildman–Crippen LogP) is 6.44. The Morgan fingerprint density at radius 1 is 1.21 bits per heavy atom. The molecule has 102 valence electrons. The minimum absolute atomic E-state index is 0.0940. The van der Waals surface area contributed by atoms with Gasteiger partial charge in [-0.3, -0.25) is 0 Å². The SMILES string of the molecule is Cc1cc(Br)c(C(Cl)c2ccccc2C(C)(C)C)s1. The second-order valence-electron chi connectivity index (χ2n) is 5.77. The van der Waals surface area contributed by atoms with Crippen LogP contribution in [0.5, 0.6) is 0 Å². The molecule has 3 heteroatoms. The Labute approximate surface area is 132 Å². The van der Waals surface area contributed by atoms with Crippen LogP contribution in [-0.2, 0) is 5.41 Å². The first-order valence-electron chi connectivity index (χ1n) is 6.30. The summed E-state index contributed by atoms with van der Waals surface area (Å²) in [5.41, 5.74) is 2.62. The summed E-state index contributed by atoms with van der Waals surface area (Å²) in [6.07, 6.45) is 0. The van der Waals surface area contributed by atoms with Gasteiger partial charge in [0, 0.05) is 14.2 Å². The van der Waals surface area contributed by atoms with Gasteiger partial charge >= 0.3 is 0 Å². The van der Waals surface area contributed by atoms with Crippen LogP contribution in [-0.4, -0.2) is 0 Å². The first kappa shape index (κ1) is 15.1. The predicted molar refractivity (Wildman–Crippen MR) is 89.6 cm³/mol. The number of hydrogen-bond donors (Lipinski definition) is 0. The maximum Gasteiger partial charge on any atom is 0.0942 e. The van der Waals surface area contributed by atoms with Gasteiger partial charge in [-0.05, 0) is 45.5 Å². The summed E-state index contributed by atoms with van der Waals surface area (Å²) in [6.45, 7) is 8.79. The maximum atomic E-state index is 6.74. The molecule has 0 nitrogen and oxygen atoms in total. The molecular weight excluding hydrogens is 340 g/mol. The van der Waals surface area contributed by atoms with Crippen molar-refractivity contribution in [3.8, 4) is 0 Å². The van der Waals surface area contributed by atoms with Crippen LogP contribution in [0.1, 0.15) is 47.0 Å². The molecule has 0 N–H and O–H groups in total. The highest BCUT2D eigenvalue weighted by atomic mass is 79.9. The smallest absolute Gasteiger partial charge is 0.0942 e. The van der Waals surface area contributed by atoms with Gasteiger partial charge in [0.25, 0.3) is 0 Å². The molecule has 0 aliphatic carbocycles. The van der Waals surface area contributed by atoms with Crippen molar-refractivity contribution in [3.05, 3.63) is 55.7 Å². The third-order valence-corrected chi connectivity index (χ3v) is 5.72. The quantitative estimate of drug-likeness (QED) is 0.542. The Bertz CT molecular complexity index is 581. The summed E-state index contributed by atoms with van der Waals surface area (Å²) in [5, 5.41) is -0.0940. The molecule has 1 aromatic heterocycles. The van der Waals surface area contributed by atoms with E-state index in [1.54, 1.807) is 11.3 Å². The van der Waals surface area contributed by atoms with Crippen molar-refractivity contribution < 1.29 is 0 Å². The molecule has 0 aliphatic heterocycles. The number of thiophene rings is 1. The Balaban J connectivity index is 2.50. The van der Waals surface area contributed by atoms with Crippen LogP contribution in [0, 0.1) is 6.92 Å². The summed E-state index contributed by atoms with van der Waals surface area (Å²) in [7, 11) is 0. The molecule has 19 heavy (non-hydrogen) atoms. The maximum absolute atomic E-state index is 6.74. The van der Waals surface area contributed by atoms with E-state index < -0.39 is 0 Å². The highest BCUT2D eigenvalue weighted by Crippen LogP contribution is 2.42. The van der Waals surface area contributed by atoms with Crippen molar-refractivity contribution in [2.75, 3.05) is 0 Å². The van der Waals surface area contributed by atoms with E-state index in [0.717, 1.165) is 4.47 Å². The summed E-state index contributed by atoms with van der Waals surface area (Å²) >= 11 is 12.1. The second-order valence-corrected chi connectivity index (χ2v) is 8.35. The van der Waals surface area contributed by atoms with Crippen molar-refractivity contribution in [1.29, 1.82) is 0 Å². The van der Waals surface area contributed by atoms with Crippen LogP contribution in [0.25, 0.3) is 0 Å². The number of aryl methyl sites for hydroxylation is 1.